The summed E-state index contributed by atoms with van der Waals surface area (Å²) in [6.07, 6.45) is 23.3. The van der Waals surface area contributed by atoms with E-state index in [-0.39, 0.29) is 28.0 Å². The summed E-state index contributed by atoms with van der Waals surface area (Å²) in [5, 5.41) is 78.4. The molecule has 0 radical (unpaired) electrons. The Morgan fingerprint density at radius 3 is 1.32 bits per heavy atom. The fraction of sp³-hybridized carbons (Fsp3) is 0.458. The van der Waals surface area contributed by atoms with E-state index in [0.717, 1.165) is 68.4 Å². The van der Waals surface area contributed by atoms with Crippen LogP contribution in [0.4, 0.5) is 0 Å². The van der Waals surface area contributed by atoms with Gasteiger partial charge in [-0.05, 0) is 61.2 Å². The van der Waals surface area contributed by atoms with E-state index in [2.05, 4.69) is 13.8 Å². The minimum Gasteiger partial charge on any atom is -0.504 e. The zero-order chi connectivity index (χ0) is 43.6. The SMILES string of the molecule is CCCCCCCCCCCCc1cc(=O)c(O)c(-c2cc(O)c(O)c(O)c2)o1.CCCCCCCCCCc1ccc2c(=O)c(O)c(-c3cc(O)c(O)c(O)c3)oc2c1. The van der Waals surface area contributed by atoms with Crippen molar-refractivity contribution in [2.75, 3.05) is 0 Å². The van der Waals surface area contributed by atoms with Gasteiger partial charge in [0.25, 0.3) is 0 Å². The summed E-state index contributed by atoms with van der Waals surface area (Å²) >= 11 is 0. The summed E-state index contributed by atoms with van der Waals surface area (Å²) in [6.45, 7) is 4.44. The molecular formula is C48H62O12. The standard InChI is InChI=1S/C25H30O6.C23H32O6/c1-2-3-4-5-6-7-8-9-10-16-11-12-18-21(13-16)31-25(24(30)22(18)28)17-14-19(26)23(29)20(27)15-17;1-2-3-4-5-6-7-8-9-10-11-12-17-15-20(26)22(28)23(29-17)16-13-18(24)21(27)19(25)14-16/h11-15,26-27,29-30H,2-10H2,1H3;13-15,24-25,27-28H,2-12H2,1H3. The van der Waals surface area contributed by atoms with Crippen LogP contribution in [-0.4, -0.2) is 40.9 Å². The fourth-order valence-electron chi connectivity index (χ4n) is 7.15. The number of benzene rings is 3. The summed E-state index contributed by atoms with van der Waals surface area (Å²) in [6, 6.07) is 11.1. The maximum Gasteiger partial charge on any atom is 0.235 e. The van der Waals surface area contributed by atoms with Crippen molar-refractivity contribution < 1.29 is 49.7 Å². The second-order valence-electron chi connectivity index (χ2n) is 15.6. The van der Waals surface area contributed by atoms with Gasteiger partial charge in [0.1, 0.15) is 11.3 Å². The molecule has 2 aromatic heterocycles. The molecule has 0 bridgehead atoms. The monoisotopic (exact) mass is 830 g/mol. The third kappa shape index (κ3) is 13.4. The predicted octanol–water partition coefficient (Wildman–Crippen LogP) is 11.6. The van der Waals surface area contributed by atoms with Crippen LogP contribution >= 0.6 is 0 Å². The highest BCUT2D eigenvalue weighted by Gasteiger charge is 2.20. The average Bonchev–Trinajstić information content (AvgIpc) is 3.23. The summed E-state index contributed by atoms with van der Waals surface area (Å²) < 4.78 is 11.4. The van der Waals surface area contributed by atoms with E-state index in [1.165, 1.54) is 89.5 Å². The van der Waals surface area contributed by atoms with Gasteiger partial charge in [-0.2, -0.15) is 0 Å². The highest BCUT2D eigenvalue weighted by atomic mass is 16.4. The number of rotatable bonds is 22. The summed E-state index contributed by atoms with van der Waals surface area (Å²) in [5.74, 6) is -4.73. The van der Waals surface area contributed by atoms with E-state index in [4.69, 9.17) is 8.83 Å². The van der Waals surface area contributed by atoms with Gasteiger partial charge in [-0.15, -0.1) is 0 Å². The lowest BCUT2D eigenvalue weighted by atomic mass is 10.0. The Labute approximate surface area is 351 Å². The van der Waals surface area contributed by atoms with Crippen molar-refractivity contribution in [3.8, 4) is 68.6 Å². The van der Waals surface area contributed by atoms with Gasteiger partial charge in [0.2, 0.25) is 22.4 Å². The second-order valence-corrected chi connectivity index (χ2v) is 15.6. The van der Waals surface area contributed by atoms with Crippen molar-refractivity contribution in [2.24, 2.45) is 0 Å². The lowest BCUT2D eigenvalue weighted by Gasteiger charge is -2.09. The van der Waals surface area contributed by atoms with E-state index in [1.54, 1.807) is 12.1 Å². The third-order valence-corrected chi connectivity index (χ3v) is 10.7. The highest BCUT2D eigenvalue weighted by Crippen LogP contribution is 2.42. The Bertz CT molecular complexity index is 2210. The van der Waals surface area contributed by atoms with E-state index in [1.807, 2.05) is 6.07 Å². The number of unbranched alkanes of at least 4 members (excludes halogenated alkanes) is 16. The molecule has 3 aromatic carbocycles. The van der Waals surface area contributed by atoms with Gasteiger partial charge < -0.3 is 49.7 Å². The topological polar surface area (TPSA) is 222 Å². The molecule has 0 amide bonds. The number of phenolic OH excluding ortho intramolecular Hbond substituents is 6. The first kappa shape index (κ1) is 46.9. The van der Waals surface area contributed by atoms with Crippen LogP contribution in [0.2, 0.25) is 0 Å². The molecule has 0 saturated carbocycles. The van der Waals surface area contributed by atoms with Crippen LogP contribution in [0.15, 0.2) is 67.0 Å². The zero-order valence-electron chi connectivity index (χ0n) is 35.0. The first-order valence-corrected chi connectivity index (χ1v) is 21.5. The van der Waals surface area contributed by atoms with Crippen LogP contribution in [0.3, 0.4) is 0 Å². The normalized spacial score (nSPS) is 11.2. The molecule has 12 heteroatoms. The summed E-state index contributed by atoms with van der Waals surface area (Å²) in [4.78, 5) is 24.7. The van der Waals surface area contributed by atoms with Crippen LogP contribution in [0.1, 0.15) is 141 Å². The lowest BCUT2D eigenvalue weighted by molar-refractivity contribution is 0.367. The second kappa shape index (κ2) is 23.7. The smallest absolute Gasteiger partial charge is 0.235 e. The van der Waals surface area contributed by atoms with Crippen LogP contribution < -0.4 is 10.9 Å². The van der Waals surface area contributed by atoms with Crippen molar-refractivity contribution in [3.05, 3.63) is 80.3 Å². The molecule has 0 saturated heterocycles. The molecule has 0 fully saturated rings. The van der Waals surface area contributed by atoms with Gasteiger partial charge in [0.15, 0.2) is 46.0 Å². The van der Waals surface area contributed by atoms with Gasteiger partial charge >= 0.3 is 0 Å². The Hall–Kier alpha value is -5.78. The zero-order valence-corrected chi connectivity index (χ0v) is 35.0. The molecule has 2 heterocycles. The van der Waals surface area contributed by atoms with E-state index in [0.29, 0.717) is 17.8 Å². The number of fused-ring (bicyclic) bond motifs is 1. The summed E-state index contributed by atoms with van der Waals surface area (Å²) in [5.41, 5.74) is 0.369. The Kier molecular flexibility index (Phi) is 18.5. The van der Waals surface area contributed by atoms with Crippen molar-refractivity contribution in [1.29, 1.82) is 0 Å². The maximum atomic E-state index is 12.6. The average molecular weight is 831 g/mol. The van der Waals surface area contributed by atoms with Gasteiger partial charge in [-0.25, -0.2) is 0 Å². The van der Waals surface area contributed by atoms with Crippen LogP contribution in [0.5, 0.6) is 46.0 Å². The van der Waals surface area contributed by atoms with E-state index in [9.17, 15) is 50.4 Å². The van der Waals surface area contributed by atoms with Gasteiger partial charge in [-0.1, -0.05) is 123 Å². The molecule has 0 aliphatic heterocycles. The van der Waals surface area contributed by atoms with Crippen LogP contribution in [0.25, 0.3) is 33.6 Å². The Balaban J connectivity index is 0.000000265. The molecule has 0 aliphatic rings. The Morgan fingerprint density at radius 2 is 0.850 bits per heavy atom. The number of aromatic hydroxyl groups is 8. The van der Waals surface area contributed by atoms with Crippen molar-refractivity contribution in [1.82, 2.24) is 0 Å². The third-order valence-electron chi connectivity index (χ3n) is 10.7. The highest BCUT2D eigenvalue weighted by molar-refractivity contribution is 5.83. The molecule has 0 atom stereocenters. The molecule has 12 nitrogen and oxygen atoms in total. The molecule has 0 unspecified atom stereocenters. The fourth-order valence-corrected chi connectivity index (χ4v) is 7.15. The van der Waals surface area contributed by atoms with Crippen molar-refractivity contribution >= 4 is 11.0 Å². The van der Waals surface area contributed by atoms with Gasteiger partial charge in [0, 0.05) is 23.6 Å². The molecule has 0 aliphatic carbocycles. The number of aryl methyl sites for hydroxylation is 2. The predicted molar refractivity (Wildman–Crippen MR) is 234 cm³/mol. The minimum atomic E-state index is -0.681. The largest absolute Gasteiger partial charge is 0.504 e. The minimum absolute atomic E-state index is 0.0813. The summed E-state index contributed by atoms with van der Waals surface area (Å²) in [7, 11) is 0. The first-order valence-electron chi connectivity index (χ1n) is 21.5. The molecule has 5 aromatic rings. The van der Waals surface area contributed by atoms with Gasteiger partial charge in [-0.3, -0.25) is 9.59 Å². The Morgan fingerprint density at radius 1 is 0.433 bits per heavy atom. The first-order chi connectivity index (χ1) is 28.9. The molecule has 326 valence electrons. The van der Waals surface area contributed by atoms with Crippen LogP contribution in [0, 0.1) is 0 Å². The van der Waals surface area contributed by atoms with Crippen molar-refractivity contribution in [3.63, 3.8) is 0 Å². The van der Waals surface area contributed by atoms with E-state index < -0.39 is 56.9 Å². The van der Waals surface area contributed by atoms with Gasteiger partial charge in [0.05, 0.1) is 5.39 Å². The van der Waals surface area contributed by atoms with E-state index >= 15 is 0 Å². The lowest BCUT2D eigenvalue weighted by Crippen LogP contribution is -2.03. The molecular weight excluding hydrogens is 769 g/mol. The number of phenols is 6. The molecule has 5 rings (SSSR count). The van der Waals surface area contributed by atoms with Crippen molar-refractivity contribution in [2.45, 2.75) is 142 Å². The molecule has 60 heavy (non-hydrogen) atoms. The number of hydrogen-bond acceptors (Lipinski definition) is 12. The molecule has 8 N–H and O–H groups in total. The van der Waals surface area contributed by atoms with Crippen LogP contribution in [-0.2, 0) is 12.8 Å². The number of hydrogen-bond donors (Lipinski definition) is 8. The maximum absolute atomic E-state index is 12.6. The molecule has 0 spiro atoms. The quantitative estimate of drug-likeness (QED) is 0.0241.